The summed E-state index contributed by atoms with van der Waals surface area (Å²) >= 11 is 1.09. The number of halogens is 1. The number of nitrogens with one attached hydrogen (secondary N) is 2. The van der Waals surface area contributed by atoms with Gasteiger partial charge in [-0.3, -0.25) is 9.59 Å². The monoisotopic (exact) mass is 386 g/mol. The quantitative estimate of drug-likeness (QED) is 0.660. The molecule has 0 spiro atoms. The Bertz CT molecular complexity index is 1030. The van der Waals surface area contributed by atoms with E-state index in [4.69, 9.17) is 4.74 Å². The number of fused-ring (bicyclic) bond motifs is 1. The molecule has 3 aromatic rings. The molecule has 0 fully saturated rings. The van der Waals surface area contributed by atoms with Crippen LogP contribution in [0.25, 0.3) is 10.1 Å². The van der Waals surface area contributed by atoms with Gasteiger partial charge in [-0.25, -0.2) is 9.18 Å². The van der Waals surface area contributed by atoms with E-state index in [0.717, 1.165) is 11.3 Å². The van der Waals surface area contributed by atoms with Crippen molar-refractivity contribution in [2.75, 3.05) is 19.0 Å². The second-order valence-corrected chi connectivity index (χ2v) is 6.63. The number of benzene rings is 2. The van der Waals surface area contributed by atoms with Gasteiger partial charge in [0.25, 0.3) is 11.8 Å². The minimum absolute atomic E-state index is 0.213. The summed E-state index contributed by atoms with van der Waals surface area (Å²) in [7, 11) is 1.51. The van der Waals surface area contributed by atoms with Gasteiger partial charge >= 0.3 is 5.97 Å². The summed E-state index contributed by atoms with van der Waals surface area (Å²) in [6.07, 6.45) is 0. The van der Waals surface area contributed by atoms with Crippen molar-refractivity contribution in [3.63, 3.8) is 0 Å². The highest BCUT2D eigenvalue weighted by Crippen LogP contribution is 2.28. The molecule has 0 aliphatic carbocycles. The van der Waals surface area contributed by atoms with Gasteiger partial charge in [0.15, 0.2) is 6.61 Å². The van der Waals surface area contributed by atoms with Crippen LogP contribution in [0.1, 0.15) is 20.0 Å². The van der Waals surface area contributed by atoms with Crippen LogP contribution in [0.4, 0.5) is 10.1 Å². The van der Waals surface area contributed by atoms with E-state index in [-0.39, 0.29) is 10.8 Å². The second-order valence-electron chi connectivity index (χ2n) is 5.55. The van der Waals surface area contributed by atoms with Crippen molar-refractivity contribution in [2.45, 2.75) is 0 Å². The molecule has 8 heteroatoms. The third-order valence-corrected chi connectivity index (χ3v) is 4.76. The summed E-state index contributed by atoms with van der Waals surface area (Å²) in [6, 6.07) is 12.3. The Hall–Kier alpha value is -3.26. The number of thiophene rings is 1. The van der Waals surface area contributed by atoms with Crippen molar-refractivity contribution >= 4 is 44.9 Å². The molecule has 0 aliphatic heterocycles. The van der Waals surface area contributed by atoms with Gasteiger partial charge in [0, 0.05) is 28.4 Å². The molecule has 3 rings (SSSR count). The van der Waals surface area contributed by atoms with E-state index in [1.807, 2.05) is 0 Å². The van der Waals surface area contributed by atoms with E-state index in [9.17, 15) is 18.8 Å². The minimum Gasteiger partial charge on any atom is -0.451 e. The minimum atomic E-state index is -0.704. The van der Waals surface area contributed by atoms with Crippen LogP contribution < -0.4 is 10.6 Å². The molecule has 0 saturated carbocycles. The van der Waals surface area contributed by atoms with Crippen LogP contribution in [0.3, 0.4) is 0 Å². The summed E-state index contributed by atoms with van der Waals surface area (Å²) < 4.78 is 19.3. The number of anilines is 1. The fourth-order valence-corrected chi connectivity index (χ4v) is 3.38. The fraction of sp³-hybridized carbons (Fsp3) is 0.105. The van der Waals surface area contributed by atoms with Crippen molar-refractivity contribution in [3.8, 4) is 0 Å². The number of esters is 1. The maximum absolute atomic E-state index is 13.7. The SMILES string of the molecule is CNC(=O)c1cccc(NC(=O)COC(=O)c2cc3c(F)cccc3s2)c1. The maximum Gasteiger partial charge on any atom is 0.348 e. The summed E-state index contributed by atoms with van der Waals surface area (Å²) in [4.78, 5) is 35.9. The van der Waals surface area contributed by atoms with E-state index in [1.54, 1.807) is 30.3 Å². The molecule has 1 aromatic heterocycles. The van der Waals surface area contributed by atoms with Gasteiger partial charge in [-0.2, -0.15) is 0 Å². The molecule has 0 bridgehead atoms. The fourth-order valence-electron chi connectivity index (χ4n) is 2.41. The van der Waals surface area contributed by atoms with Crippen molar-refractivity contribution in [1.29, 1.82) is 0 Å². The van der Waals surface area contributed by atoms with Gasteiger partial charge in [0.2, 0.25) is 0 Å². The van der Waals surface area contributed by atoms with E-state index < -0.39 is 24.3 Å². The van der Waals surface area contributed by atoms with E-state index in [2.05, 4.69) is 10.6 Å². The van der Waals surface area contributed by atoms with Crippen molar-refractivity contribution in [2.24, 2.45) is 0 Å². The Kier molecular flexibility index (Phi) is 5.46. The van der Waals surface area contributed by atoms with Crippen LogP contribution in [0, 0.1) is 5.82 Å². The number of hydrogen-bond donors (Lipinski definition) is 2. The first-order chi connectivity index (χ1) is 13.0. The van der Waals surface area contributed by atoms with Gasteiger partial charge in [-0.1, -0.05) is 12.1 Å². The van der Waals surface area contributed by atoms with Gasteiger partial charge in [-0.15, -0.1) is 11.3 Å². The molecule has 0 radical (unpaired) electrons. The van der Waals surface area contributed by atoms with Crippen molar-refractivity contribution < 1.29 is 23.5 Å². The smallest absolute Gasteiger partial charge is 0.348 e. The second kappa shape index (κ2) is 7.96. The average Bonchev–Trinajstić information content (AvgIpc) is 3.11. The van der Waals surface area contributed by atoms with Gasteiger partial charge in [-0.05, 0) is 36.4 Å². The van der Waals surface area contributed by atoms with Gasteiger partial charge < -0.3 is 15.4 Å². The van der Waals surface area contributed by atoms with Crippen LogP contribution in [0.2, 0.25) is 0 Å². The predicted octanol–water partition coefficient (Wildman–Crippen LogP) is 3.20. The molecule has 2 amide bonds. The Labute approximate surface area is 157 Å². The lowest BCUT2D eigenvalue weighted by atomic mass is 10.2. The topological polar surface area (TPSA) is 84.5 Å². The highest BCUT2D eigenvalue weighted by atomic mass is 32.1. The third-order valence-electron chi connectivity index (χ3n) is 3.68. The zero-order valence-corrected chi connectivity index (χ0v) is 15.1. The summed E-state index contributed by atoms with van der Waals surface area (Å²) in [5.74, 6) is -1.96. The Morgan fingerprint density at radius 2 is 1.89 bits per heavy atom. The predicted molar refractivity (Wildman–Crippen MR) is 101 cm³/mol. The molecule has 2 aromatic carbocycles. The molecule has 1 heterocycles. The molecule has 0 unspecified atom stereocenters. The first-order valence-corrected chi connectivity index (χ1v) is 8.77. The number of carbonyl (C=O) groups excluding carboxylic acids is 3. The molecule has 0 saturated heterocycles. The van der Waals surface area contributed by atoms with E-state index >= 15 is 0 Å². The number of rotatable bonds is 5. The molecular formula is C19H15FN2O4S. The highest BCUT2D eigenvalue weighted by molar-refractivity contribution is 7.20. The lowest BCUT2D eigenvalue weighted by Gasteiger charge is -2.07. The van der Waals surface area contributed by atoms with Gasteiger partial charge in [0.05, 0.1) is 0 Å². The summed E-state index contributed by atoms with van der Waals surface area (Å²) in [5, 5.41) is 5.38. The largest absolute Gasteiger partial charge is 0.451 e. The summed E-state index contributed by atoms with van der Waals surface area (Å²) in [5.41, 5.74) is 0.792. The molecule has 0 aliphatic rings. The number of hydrogen-bond acceptors (Lipinski definition) is 5. The Morgan fingerprint density at radius 1 is 1.11 bits per heavy atom. The first-order valence-electron chi connectivity index (χ1n) is 7.95. The molecule has 27 heavy (non-hydrogen) atoms. The molecule has 6 nitrogen and oxygen atoms in total. The molecule has 138 valence electrons. The maximum atomic E-state index is 13.7. The van der Waals surface area contributed by atoms with Crippen LogP contribution in [0.5, 0.6) is 0 Å². The molecular weight excluding hydrogens is 371 g/mol. The van der Waals surface area contributed by atoms with Crippen molar-refractivity contribution in [1.82, 2.24) is 5.32 Å². The van der Waals surface area contributed by atoms with Crippen LogP contribution in [0.15, 0.2) is 48.5 Å². The average molecular weight is 386 g/mol. The number of amides is 2. The zero-order valence-electron chi connectivity index (χ0n) is 14.2. The highest BCUT2D eigenvalue weighted by Gasteiger charge is 2.15. The Balaban J connectivity index is 1.60. The molecule has 0 atom stereocenters. The van der Waals surface area contributed by atoms with Crippen LogP contribution in [-0.4, -0.2) is 31.4 Å². The third kappa shape index (κ3) is 4.29. The number of carbonyl (C=O) groups is 3. The van der Waals surface area contributed by atoms with E-state index in [1.165, 1.54) is 25.2 Å². The van der Waals surface area contributed by atoms with E-state index in [0.29, 0.717) is 21.3 Å². The lowest BCUT2D eigenvalue weighted by molar-refractivity contribution is -0.119. The Morgan fingerprint density at radius 3 is 2.63 bits per heavy atom. The first kappa shape index (κ1) is 18.5. The lowest BCUT2D eigenvalue weighted by Crippen LogP contribution is -2.21. The summed E-state index contributed by atoms with van der Waals surface area (Å²) in [6.45, 7) is -0.500. The van der Waals surface area contributed by atoms with Crippen LogP contribution >= 0.6 is 11.3 Å². The van der Waals surface area contributed by atoms with Crippen LogP contribution in [-0.2, 0) is 9.53 Å². The normalized spacial score (nSPS) is 10.4. The molecule has 2 N–H and O–H groups in total. The van der Waals surface area contributed by atoms with Crippen molar-refractivity contribution in [3.05, 3.63) is 64.8 Å². The van der Waals surface area contributed by atoms with Gasteiger partial charge in [0.1, 0.15) is 10.7 Å². The zero-order chi connectivity index (χ0) is 19.4. The standard InChI is InChI=1S/C19H15FN2O4S/c1-21-18(24)11-4-2-5-12(8-11)22-17(23)10-26-19(25)16-9-13-14(20)6-3-7-15(13)27-16/h2-9H,10H2,1H3,(H,21,24)(H,22,23). The number of ether oxygens (including phenoxy) is 1.